The first kappa shape index (κ1) is 5.88. The molecule has 0 aromatic rings. The molecule has 0 radical (unpaired) electrons. The minimum atomic E-state index is 0.401. The molecular weight excluding hydrogens is 118 g/mol. The van der Waals surface area contributed by atoms with Crippen molar-refractivity contribution in [3.63, 3.8) is 0 Å². The van der Waals surface area contributed by atoms with Crippen LogP contribution in [0.25, 0.3) is 0 Å². The second-order valence-corrected chi connectivity index (χ2v) is 1.55. The van der Waals surface area contributed by atoms with E-state index >= 15 is 0 Å². The molecule has 3 heteroatoms. The predicted octanol–water partition coefficient (Wildman–Crippen LogP) is 0.160. The summed E-state index contributed by atoms with van der Waals surface area (Å²) in [5.74, 6) is 0.507. The Labute approximate surface area is 53.0 Å². The first-order chi connectivity index (χ1) is 4.43. The summed E-state index contributed by atoms with van der Waals surface area (Å²) in [6.45, 7) is 1.12. The van der Waals surface area contributed by atoms with Crippen LogP contribution in [0.1, 0.15) is 0 Å². The van der Waals surface area contributed by atoms with E-state index in [-0.39, 0.29) is 0 Å². The number of dihydropyridines is 1. The standard InChI is InChI=1S/C6H7NO2/c8-5-9-6-3-1-2-4-7-6/h1-3,5,7H,4H2. The van der Waals surface area contributed by atoms with Crippen molar-refractivity contribution in [2.24, 2.45) is 0 Å². The normalized spacial score (nSPS) is 15.8. The number of rotatable bonds is 2. The molecule has 0 bridgehead atoms. The van der Waals surface area contributed by atoms with Crippen molar-refractivity contribution in [1.82, 2.24) is 5.32 Å². The van der Waals surface area contributed by atoms with Crippen molar-refractivity contribution in [3.05, 3.63) is 24.1 Å². The second-order valence-electron chi connectivity index (χ2n) is 1.55. The SMILES string of the molecule is O=COC1=CC=CCN1. The lowest BCUT2D eigenvalue weighted by Gasteiger charge is -2.07. The number of allylic oxidation sites excluding steroid dienone is 2. The molecule has 1 heterocycles. The maximum Gasteiger partial charge on any atom is 0.299 e. The summed E-state index contributed by atoms with van der Waals surface area (Å²) in [6, 6.07) is 0. The average molecular weight is 125 g/mol. The highest BCUT2D eigenvalue weighted by molar-refractivity contribution is 5.40. The van der Waals surface area contributed by atoms with E-state index in [9.17, 15) is 4.79 Å². The van der Waals surface area contributed by atoms with E-state index in [2.05, 4.69) is 10.1 Å². The van der Waals surface area contributed by atoms with Gasteiger partial charge in [-0.05, 0) is 6.08 Å². The largest absolute Gasteiger partial charge is 0.412 e. The number of hydrogen-bond acceptors (Lipinski definition) is 3. The molecule has 0 spiro atoms. The lowest BCUT2D eigenvalue weighted by Crippen LogP contribution is -2.17. The Hall–Kier alpha value is -1.25. The Morgan fingerprint density at radius 1 is 1.78 bits per heavy atom. The summed E-state index contributed by atoms with van der Waals surface area (Å²) < 4.78 is 4.50. The number of nitrogens with one attached hydrogen (secondary N) is 1. The van der Waals surface area contributed by atoms with Crippen molar-refractivity contribution in [1.29, 1.82) is 0 Å². The molecule has 0 unspecified atom stereocenters. The van der Waals surface area contributed by atoms with Crippen LogP contribution in [0.5, 0.6) is 0 Å². The summed E-state index contributed by atoms with van der Waals surface area (Å²) in [6.07, 6.45) is 5.45. The maximum absolute atomic E-state index is 9.75. The Balaban J connectivity index is 2.47. The second kappa shape index (κ2) is 2.91. The molecule has 48 valence electrons. The van der Waals surface area contributed by atoms with E-state index < -0.39 is 0 Å². The lowest BCUT2D eigenvalue weighted by molar-refractivity contribution is -0.125. The molecule has 1 aliphatic heterocycles. The van der Waals surface area contributed by atoms with Gasteiger partial charge in [0.05, 0.1) is 0 Å². The quantitative estimate of drug-likeness (QED) is 0.534. The number of hydrogen-bond donors (Lipinski definition) is 1. The van der Waals surface area contributed by atoms with Crippen LogP contribution in [-0.4, -0.2) is 13.0 Å². The van der Waals surface area contributed by atoms with Gasteiger partial charge in [0, 0.05) is 6.54 Å². The predicted molar refractivity (Wildman–Crippen MR) is 32.4 cm³/mol. The van der Waals surface area contributed by atoms with Gasteiger partial charge in [0.1, 0.15) is 0 Å². The topological polar surface area (TPSA) is 38.3 Å². The molecule has 0 aromatic heterocycles. The highest BCUT2D eigenvalue weighted by atomic mass is 16.5. The van der Waals surface area contributed by atoms with E-state index in [4.69, 9.17) is 0 Å². The van der Waals surface area contributed by atoms with Crippen molar-refractivity contribution < 1.29 is 9.53 Å². The lowest BCUT2D eigenvalue weighted by atomic mass is 10.4. The van der Waals surface area contributed by atoms with Crippen LogP contribution < -0.4 is 5.32 Å². The molecule has 0 aliphatic carbocycles. The van der Waals surface area contributed by atoms with Gasteiger partial charge >= 0.3 is 0 Å². The summed E-state index contributed by atoms with van der Waals surface area (Å²) in [4.78, 5) is 9.75. The fourth-order valence-corrected chi connectivity index (χ4v) is 0.575. The summed E-state index contributed by atoms with van der Waals surface area (Å²) in [5.41, 5.74) is 0. The highest BCUT2D eigenvalue weighted by Gasteiger charge is 1.95. The average Bonchev–Trinajstić information content (AvgIpc) is 1.91. The molecular formula is C6H7NO2. The zero-order valence-corrected chi connectivity index (χ0v) is 4.83. The molecule has 0 amide bonds. The Morgan fingerprint density at radius 3 is 3.22 bits per heavy atom. The molecule has 0 atom stereocenters. The monoisotopic (exact) mass is 125 g/mol. The minimum absolute atomic E-state index is 0.401. The zero-order valence-electron chi connectivity index (χ0n) is 4.83. The van der Waals surface area contributed by atoms with E-state index in [1.807, 2.05) is 12.2 Å². The van der Waals surface area contributed by atoms with Gasteiger partial charge in [-0.3, -0.25) is 4.79 Å². The van der Waals surface area contributed by atoms with Gasteiger partial charge in [-0.25, -0.2) is 0 Å². The summed E-state index contributed by atoms with van der Waals surface area (Å²) in [5, 5.41) is 2.84. The van der Waals surface area contributed by atoms with Crippen molar-refractivity contribution in [3.8, 4) is 0 Å². The van der Waals surface area contributed by atoms with Crippen LogP contribution in [0, 0.1) is 0 Å². The third-order valence-electron chi connectivity index (χ3n) is 0.953. The van der Waals surface area contributed by atoms with Gasteiger partial charge in [0.25, 0.3) is 6.47 Å². The van der Waals surface area contributed by atoms with Gasteiger partial charge in [-0.1, -0.05) is 12.2 Å². The van der Waals surface area contributed by atoms with Crippen LogP contribution in [-0.2, 0) is 9.53 Å². The van der Waals surface area contributed by atoms with E-state index in [1.54, 1.807) is 6.08 Å². The van der Waals surface area contributed by atoms with Crippen molar-refractivity contribution >= 4 is 6.47 Å². The van der Waals surface area contributed by atoms with Gasteiger partial charge in [-0.15, -0.1) is 0 Å². The van der Waals surface area contributed by atoms with Gasteiger partial charge in [-0.2, -0.15) is 0 Å². The molecule has 3 nitrogen and oxygen atoms in total. The van der Waals surface area contributed by atoms with Crippen LogP contribution in [0.3, 0.4) is 0 Å². The fraction of sp³-hybridized carbons (Fsp3) is 0.167. The molecule has 0 saturated heterocycles. The Bertz CT molecular complexity index is 160. The fourth-order valence-electron chi connectivity index (χ4n) is 0.575. The Kier molecular flexibility index (Phi) is 1.90. The number of ether oxygens (including phenoxy) is 1. The minimum Gasteiger partial charge on any atom is -0.412 e. The third-order valence-corrected chi connectivity index (χ3v) is 0.953. The molecule has 0 saturated carbocycles. The molecule has 1 rings (SSSR count). The molecule has 1 N–H and O–H groups in total. The van der Waals surface area contributed by atoms with Gasteiger partial charge in [0.15, 0.2) is 5.88 Å². The maximum atomic E-state index is 9.75. The van der Waals surface area contributed by atoms with Crippen molar-refractivity contribution in [2.75, 3.05) is 6.54 Å². The van der Waals surface area contributed by atoms with E-state index in [0.29, 0.717) is 12.4 Å². The highest BCUT2D eigenvalue weighted by Crippen LogP contribution is 1.94. The first-order valence-electron chi connectivity index (χ1n) is 2.64. The van der Waals surface area contributed by atoms with Crippen LogP contribution in [0.2, 0.25) is 0 Å². The molecule has 9 heavy (non-hydrogen) atoms. The summed E-state index contributed by atoms with van der Waals surface area (Å²) in [7, 11) is 0. The summed E-state index contributed by atoms with van der Waals surface area (Å²) >= 11 is 0. The van der Waals surface area contributed by atoms with Crippen LogP contribution in [0.4, 0.5) is 0 Å². The molecule has 0 fully saturated rings. The van der Waals surface area contributed by atoms with Crippen LogP contribution >= 0.6 is 0 Å². The molecule has 1 aliphatic rings. The van der Waals surface area contributed by atoms with Gasteiger partial charge < -0.3 is 10.1 Å². The number of carbonyl (C=O) groups is 1. The first-order valence-corrected chi connectivity index (χ1v) is 2.64. The zero-order chi connectivity index (χ0) is 6.53. The smallest absolute Gasteiger partial charge is 0.299 e. The Morgan fingerprint density at radius 2 is 2.67 bits per heavy atom. The van der Waals surface area contributed by atoms with Gasteiger partial charge in [0.2, 0.25) is 0 Å². The number of carbonyl (C=O) groups excluding carboxylic acids is 1. The third kappa shape index (κ3) is 1.60. The molecule has 0 aromatic carbocycles. The van der Waals surface area contributed by atoms with E-state index in [1.165, 1.54) is 0 Å². The van der Waals surface area contributed by atoms with Crippen LogP contribution in [0.15, 0.2) is 24.1 Å². The van der Waals surface area contributed by atoms with E-state index in [0.717, 1.165) is 6.54 Å². The van der Waals surface area contributed by atoms with Crippen molar-refractivity contribution in [2.45, 2.75) is 0 Å².